The van der Waals surface area contributed by atoms with Crippen molar-refractivity contribution in [1.29, 1.82) is 0 Å². The van der Waals surface area contributed by atoms with E-state index in [1.54, 1.807) is 57.2 Å². The summed E-state index contributed by atoms with van der Waals surface area (Å²) in [4.78, 5) is 44.4. The van der Waals surface area contributed by atoms with Gasteiger partial charge in [-0.15, -0.1) is 0 Å². The van der Waals surface area contributed by atoms with Crippen LogP contribution in [0.2, 0.25) is 0 Å². The van der Waals surface area contributed by atoms with E-state index in [0.29, 0.717) is 60.2 Å². The molecule has 1 aromatic heterocycles. The highest BCUT2D eigenvalue weighted by molar-refractivity contribution is 9.10. The van der Waals surface area contributed by atoms with E-state index in [9.17, 15) is 14.4 Å². The first-order valence-corrected chi connectivity index (χ1v) is 16.4. The van der Waals surface area contributed by atoms with Gasteiger partial charge in [0.25, 0.3) is 5.56 Å². The molecule has 13 heteroatoms. The van der Waals surface area contributed by atoms with Crippen LogP contribution in [-0.2, 0) is 19.1 Å². The van der Waals surface area contributed by atoms with Crippen LogP contribution in [0.25, 0.3) is 6.08 Å². The molecule has 0 aliphatic carbocycles. The Hall–Kier alpha value is -4.10. The average Bonchev–Trinajstić information content (AvgIpc) is 3.30. The molecule has 0 saturated heterocycles. The number of fused-ring (bicyclic) bond motifs is 1. The minimum Gasteiger partial charge on any atom is -0.493 e. The summed E-state index contributed by atoms with van der Waals surface area (Å²) in [5.74, 6) is 0.653. The van der Waals surface area contributed by atoms with Gasteiger partial charge < -0.3 is 28.4 Å². The summed E-state index contributed by atoms with van der Waals surface area (Å²) >= 11 is 4.70. The van der Waals surface area contributed by atoms with Crippen LogP contribution >= 0.6 is 27.3 Å². The van der Waals surface area contributed by atoms with Crippen molar-refractivity contribution < 1.29 is 38.0 Å². The van der Waals surface area contributed by atoms with Crippen LogP contribution in [0.5, 0.6) is 23.0 Å². The van der Waals surface area contributed by atoms with Crippen molar-refractivity contribution in [2.24, 2.45) is 4.99 Å². The van der Waals surface area contributed by atoms with Gasteiger partial charge >= 0.3 is 11.9 Å². The number of nitrogens with zero attached hydrogens (tertiary/aromatic N) is 2. The molecule has 246 valence electrons. The van der Waals surface area contributed by atoms with Crippen LogP contribution in [0.1, 0.15) is 58.7 Å². The van der Waals surface area contributed by atoms with Crippen LogP contribution < -0.4 is 33.8 Å². The highest BCUT2D eigenvalue weighted by Gasteiger charge is 2.34. The molecule has 0 spiro atoms. The molecule has 0 amide bonds. The monoisotopic (exact) mass is 716 g/mol. The molecule has 0 saturated carbocycles. The Labute approximate surface area is 279 Å². The fourth-order valence-corrected chi connectivity index (χ4v) is 6.49. The molecular formula is C33H37BrN2O9S. The Balaban J connectivity index is 1.86. The first-order valence-electron chi connectivity index (χ1n) is 14.8. The van der Waals surface area contributed by atoms with Crippen molar-refractivity contribution in [2.45, 2.75) is 53.7 Å². The third-order valence-electron chi connectivity index (χ3n) is 6.65. The number of aromatic nitrogens is 1. The van der Waals surface area contributed by atoms with E-state index in [1.807, 2.05) is 20.8 Å². The van der Waals surface area contributed by atoms with E-state index in [-0.39, 0.29) is 37.1 Å². The molecule has 1 aliphatic heterocycles. The fourth-order valence-electron chi connectivity index (χ4n) is 4.87. The molecule has 0 radical (unpaired) electrons. The predicted molar refractivity (Wildman–Crippen MR) is 177 cm³/mol. The van der Waals surface area contributed by atoms with Gasteiger partial charge in [-0.25, -0.2) is 14.6 Å². The molecule has 3 aromatic rings. The number of rotatable bonds is 13. The summed E-state index contributed by atoms with van der Waals surface area (Å²) in [5, 5.41) is 0. The molecule has 2 heterocycles. The number of carbonyl (C=O) groups is 2. The van der Waals surface area contributed by atoms with E-state index >= 15 is 0 Å². The summed E-state index contributed by atoms with van der Waals surface area (Å²) < 4.78 is 35.8. The van der Waals surface area contributed by atoms with Crippen LogP contribution in [-0.4, -0.2) is 56.1 Å². The summed E-state index contributed by atoms with van der Waals surface area (Å²) in [6.07, 6.45) is 1.63. The summed E-state index contributed by atoms with van der Waals surface area (Å²) in [5.41, 5.74) is 1.62. The number of halogens is 1. The minimum atomic E-state index is -0.830. The Bertz CT molecular complexity index is 1830. The van der Waals surface area contributed by atoms with Gasteiger partial charge in [-0.05, 0) is 98.9 Å². The number of hydrogen-bond donors (Lipinski definition) is 0. The molecule has 0 N–H and O–H groups in total. The zero-order chi connectivity index (χ0) is 33.5. The van der Waals surface area contributed by atoms with Gasteiger partial charge in [-0.2, -0.15) is 0 Å². The van der Waals surface area contributed by atoms with Crippen molar-refractivity contribution in [1.82, 2.24) is 4.57 Å². The van der Waals surface area contributed by atoms with Crippen molar-refractivity contribution in [2.75, 3.05) is 33.5 Å². The van der Waals surface area contributed by atoms with E-state index in [4.69, 9.17) is 28.4 Å². The summed E-state index contributed by atoms with van der Waals surface area (Å²) in [6, 6.07) is 7.98. The Morgan fingerprint density at radius 3 is 2.41 bits per heavy atom. The second-order valence-corrected chi connectivity index (χ2v) is 12.1. The van der Waals surface area contributed by atoms with E-state index in [1.165, 1.54) is 23.0 Å². The second kappa shape index (κ2) is 15.5. The zero-order valence-electron chi connectivity index (χ0n) is 26.8. The number of hydrogen-bond acceptors (Lipinski definition) is 11. The quantitative estimate of drug-likeness (QED) is 0.232. The van der Waals surface area contributed by atoms with Gasteiger partial charge in [0.1, 0.15) is 0 Å². The maximum atomic E-state index is 14.1. The third-order valence-corrected chi connectivity index (χ3v) is 8.22. The number of allylic oxidation sites excluding steroid dienone is 1. The fraction of sp³-hybridized carbons (Fsp3) is 0.394. The molecule has 46 heavy (non-hydrogen) atoms. The third kappa shape index (κ3) is 7.64. The molecule has 1 atom stereocenters. The Morgan fingerprint density at radius 1 is 1.02 bits per heavy atom. The van der Waals surface area contributed by atoms with Crippen molar-refractivity contribution in [3.63, 3.8) is 0 Å². The molecule has 2 aromatic carbocycles. The van der Waals surface area contributed by atoms with Gasteiger partial charge in [0.15, 0.2) is 34.4 Å². The molecular weight excluding hydrogens is 680 g/mol. The average molecular weight is 718 g/mol. The number of thiazole rings is 1. The first-order chi connectivity index (χ1) is 22.0. The van der Waals surface area contributed by atoms with Gasteiger partial charge in [0.2, 0.25) is 0 Å². The lowest BCUT2D eigenvalue weighted by molar-refractivity contribution is -0.145. The molecule has 0 unspecified atom stereocenters. The molecule has 4 rings (SSSR count). The number of methoxy groups -OCH3 is 1. The van der Waals surface area contributed by atoms with Crippen molar-refractivity contribution in [3.05, 3.63) is 76.9 Å². The van der Waals surface area contributed by atoms with E-state index in [0.717, 1.165) is 0 Å². The highest BCUT2D eigenvalue weighted by Crippen LogP contribution is 2.38. The SMILES string of the molecule is CCOC(=O)COc1c(Br)cc(/C=c2\sc3n(c2=O)[C@H](c2ccc(OC(C)C)c(OC)c2)C(C(=O)OCC)=C(C)N=3)cc1OCC. The number of benzene rings is 2. The first kappa shape index (κ1) is 34.8. The molecule has 0 bridgehead atoms. The largest absolute Gasteiger partial charge is 0.493 e. The number of carbonyl (C=O) groups excluding carboxylic acids is 2. The number of ether oxygens (including phenoxy) is 6. The van der Waals surface area contributed by atoms with Crippen molar-refractivity contribution in [3.8, 4) is 23.0 Å². The molecule has 1 aliphatic rings. The van der Waals surface area contributed by atoms with Crippen LogP contribution in [0.3, 0.4) is 0 Å². The van der Waals surface area contributed by atoms with Crippen molar-refractivity contribution >= 4 is 45.3 Å². The summed E-state index contributed by atoms with van der Waals surface area (Å²) in [7, 11) is 1.53. The lowest BCUT2D eigenvalue weighted by atomic mass is 9.95. The smallest absolute Gasteiger partial charge is 0.344 e. The molecule has 0 fully saturated rings. The predicted octanol–water partition coefficient (Wildman–Crippen LogP) is 4.70. The Morgan fingerprint density at radius 2 is 1.76 bits per heavy atom. The normalized spacial score (nSPS) is 14.5. The molecule has 11 nitrogen and oxygen atoms in total. The maximum absolute atomic E-state index is 14.1. The topological polar surface area (TPSA) is 124 Å². The van der Waals surface area contributed by atoms with Gasteiger partial charge in [-0.3, -0.25) is 9.36 Å². The van der Waals surface area contributed by atoms with E-state index < -0.39 is 18.0 Å². The lowest BCUT2D eigenvalue weighted by Gasteiger charge is -2.25. The number of esters is 2. The van der Waals surface area contributed by atoms with Crippen LogP contribution in [0.15, 0.2) is 55.9 Å². The summed E-state index contributed by atoms with van der Waals surface area (Å²) in [6.45, 7) is 11.3. The van der Waals surface area contributed by atoms with Crippen LogP contribution in [0, 0.1) is 0 Å². The van der Waals surface area contributed by atoms with Gasteiger partial charge in [0, 0.05) is 0 Å². The van der Waals surface area contributed by atoms with Crippen LogP contribution in [0.4, 0.5) is 0 Å². The lowest BCUT2D eigenvalue weighted by Crippen LogP contribution is -2.40. The second-order valence-electron chi connectivity index (χ2n) is 10.2. The van der Waals surface area contributed by atoms with Gasteiger partial charge in [0.05, 0.1) is 59.4 Å². The minimum absolute atomic E-state index is 0.0869. The highest BCUT2D eigenvalue weighted by atomic mass is 79.9. The maximum Gasteiger partial charge on any atom is 0.344 e. The standard InChI is InChI=1S/C33H37BrN2O9S/c1-8-41-25-14-20(13-22(34)30(25)44-17-27(37)42-9-2)15-26-31(38)36-29(21-11-12-23(45-18(4)5)24(16-21)40-7)28(32(39)43-10-3)19(6)35-33(36)46-26/h11-16,18,29H,8-10,17H2,1-7H3/b26-15-/t29-/m1/s1. The zero-order valence-corrected chi connectivity index (χ0v) is 29.2. The Kier molecular flexibility index (Phi) is 11.7. The van der Waals surface area contributed by atoms with E-state index in [2.05, 4.69) is 20.9 Å². The van der Waals surface area contributed by atoms with Gasteiger partial charge in [-0.1, -0.05) is 17.4 Å².